The number of carbonyl (C=O) groups excluding carboxylic acids is 1. The number of nitrogens with zero attached hydrogens (tertiary/aromatic N) is 2. The van der Waals surface area contributed by atoms with Gasteiger partial charge in [-0.05, 0) is 36.1 Å². The fourth-order valence-corrected chi connectivity index (χ4v) is 5.85. The second-order valence-corrected chi connectivity index (χ2v) is 12.3. The van der Waals surface area contributed by atoms with Crippen molar-refractivity contribution in [2.75, 3.05) is 25.7 Å². The van der Waals surface area contributed by atoms with Crippen LogP contribution in [0.1, 0.15) is 61.5 Å². The Kier molecular flexibility index (Phi) is 9.38. The van der Waals surface area contributed by atoms with E-state index in [4.69, 9.17) is 30.9 Å². The minimum atomic E-state index is -0.857. The van der Waals surface area contributed by atoms with Gasteiger partial charge in [-0.3, -0.25) is 9.59 Å². The molecule has 4 rings (SSSR count). The van der Waals surface area contributed by atoms with Gasteiger partial charge in [0.1, 0.15) is 12.2 Å². The number of aliphatic carboxylic acids is 1. The van der Waals surface area contributed by atoms with Crippen molar-refractivity contribution in [3.8, 4) is 11.5 Å². The minimum Gasteiger partial charge on any atom is -0.493 e. The summed E-state index contributed by atoms with van der Waals surface area (Å²) in [5.74, 6) is 0.0945. The molecule has 1 aromatic heterocycles. The highest BCUT2D eigenvalue weighted by Crippen LogP contribution is 2.45. The number of halogens is 1. The first kappa shape index (κ1) is 29.8. The van der Waals surface area contributed by atoms with E-state index in [1.54, 1.807) is 20.3 Å². The van der Waals surface area contributed by atoms with E-state index >= 15 is 0 Å². The molecule has 0 bridgehead atoms. The van der Waals surface area contributed by atoms with Crippen LogP contribution in [0.15, 0.2) is 41.8 Å². The van der Waals surface area contributed by atoms with Crippen molar-refractivity contribution in [3.05, 3.63) is 68.6 Å². The first-order valence-electron chi connectivity index (χ1n) is 13.1. The Balaban J connectivity index is 1.75. The lowest BCUT2D eigenvalue weighted by molar-refractivity contribution is -0.137. The number of hydrogen-bond donors (Lipinski definition) is 1. The monoisotopic (exact) mass is 586 g/mol. The molecule has 10 heteroatoms. The van der Waals surface area contributed by atoms with Gasteiger partial charge in [0.15, 0.2) is 11.5 Å². The topological polar surface area (TPSA) is 98.2 Å². The highest BCUT2D eigenvalue weighted by atomic mass is 35.5. The van der Waals surface area contributed by atoms with E-state index in [1.165, 1.54) is 11.3 Å². The molecule has 3 aromatic rings. The lowest BCUT2D eigenvalue weighted by Crippen LogP contribution is -2.43. The maximum absolute atomic E-state index is 14.2. The summed E-state index contributed by atoms with van der Waals surface area (Å²) in [5, 5.41) is 12.2. The number of hydrogen-bond acceptors (Lipinski definition) is 7. The van der Waals surface area contributed by atoms with Gasteiger partial charge in [0, 0.05) is 46.6 Å². The summed E-state index contributed by atoms with van der Waals surface area (Å²) in [4.78, 5) is 31.5. The fraction of sp³-hybridized carbons (Fsp3) is 0.433. The number of amides is 1. The summed E-state index contributed by atoms with van der Waals surface area (Å²) in [6.07, 6.45) is -0.120. The van der Waals surface area contributed by atoms with E-state index in [-0.39, 0.29) is 17.7 Å². The Morgan fingerprint density at radius 3 is 2.60 bits per heavy atom. The highest BCUT2D eigenvalue weighted by molar-refractivity contribution is 7.09. The van der Waals surface area contributed by atoms with E-state index in [1.807, 2.05) is 40.6 Å². The number of fused-ring (bicyclic) bond motifs is 1. The molecule has 0 fully saturated rings. The molecule has 2 heterocycles. The van der Waals surface area contributed by atoms with Crippen molar-refractivity contribution in [2.24, 2.45) is 5.41 Å². The summed E-state index contributed by atoms with van der Waals surface area (Å²) >= 11 is 7.96. The van der Waals surface area contributed by atoms with Gasteiger partial charge in [-0.2, -0.15) is 0 Å². The van der Waals surface area contributed by atoms with Crippen molar-refractivity contribution in [3.63, 3.8) is 0 Å². The molecule has 0 radical (unpaired) electrons. The molecule has 0 aliphatic carbocycles. The van der Waals surface area contributed by atoms with Gasteiger partial charge in [-0.1, -0.05) is 44.5 Å². The number of carbonyl (C=O) groups is 2. The summed E-state index contributed by atoms with van der Waals surface area (Å²) in [7, 11) is 3.16. The number of para-hydroxylation sites is 1. The molecule has 2 aromatic carbocycles. The number of aryl methyl sites for hydroxylation is 2. The standard InChI is InChI=1S/C30H35ClN2O6S/c1-30(2,3)17-33-22-11-9-18(31)15-21(22)27(20-7-6-8-23(37-4)28(20)38-5)39-24(29(33)36)12-13-25-32-19(16-40-25)10-14-26(34)35/h6-9,11,15-16,24,27H,10,12-14,17H2,1-5H3,(H,34,35)/t24-,27-/m1/s1. The van der Waals surface area contributed by atoms with Crippen molar-refractivity contribution in [2.45, 2.75) is 58.7 Å². The van der Waals surface area contributed by atoms with Crippen molar-refractivity contribution in [1.82, 2.24) is 4.98 Å². The van der Waals surface area contributed by atoms with Crippen molar-refractivity contribution in [1.29, 1.82) is 0 Å². The van der Waals surface area contributed by atoms with E-state index < -0.39 is 18.2 Å². The maximum Gasteiger partial charge on any atom is 0.303 e. The first-order chi connectivity index (χ1) is 19.0. The maximum atomic E-state index is 14.2. The predicted octanol–water partition coefficient (Wildman–Crippen LogP) is 6.33. The second kappa shape index (κ2) is 12.6. The number of aromatic nitrogens is 1. The molecule has 214 valence electrons. The Bertz CT molecular complexity index is 1370. The number of rotatable bonds is 10. The van der Waals surface area contributed by atoms with Crippen LogP contribution in [0.25, 0.3) is 0 Å². The van der Waals surface area contributed by atoms with Gasteiger partial charge in [0.2, 0.25) is 0 Å². The van der Waals surface area contributed by atoms with Crippen molar-refractivity contribution >= 4 is 40.5 Å². The Morgan fingerprint density at radius 2 is 1.93 bits per heavy atom. The number of ether oxygens (including phenoxy) is 3. The first-order valence-corrected chi connectivity index (χ1v) is 14.4. The molecule has 2 atom stereocenters. The number of benzene rings is 2. The summed E-state index contributed by atoms with van der Waals surface area (Å²) in [6, 6.07) is 11.1. The zero-order valence-corrected chi connectivity index (χ0v) is 25.0. The van der Waals surface area contributed by atoms with Gasteiger partial charge in [-0.15, -0.1) is 11.3 Å². The fourth-order valence-electron chi connectivity index (χ4n) is 4.83. The number of thiazole rings is 1. The molecular formula is C30H35ClN2O6S. The molecule has 40 heavy (non-hydrogen) atoms. The van der Waals surface area contributed by atoms with Gasteiger partial charge >= 0.3 is 5.97 Å². The molecule has 8 nitrogen and oxygen atoms in total. The Labute approximate surface area is 243 Å². The van der Waals surface area contributed by atoms with E-state index in [0.717, 1.165) is 27.5 Å². The molecule has 1 aliphatic heterocycles. The van der Waals surface area contributed by atoms with Crippen LogP contribution in [-0.2, 0) is 27.2 Å². The Morgan fingerprint density at radius 1 is 1.15 bits per heavy atom. The lowest BCUT2D eigenvalue weighted by atomic mass is 9.94. The highest BCUT2D eigenvalue weighted by Gasteiger charge is 2.39. The number of carboxylic acid groups (broad SMARTS) is 1. The van der Waals surface area contributed by atoms with Crippen LogP contribution in [-0.4, -0.2) is 48.8 Å². The third-order valence-corrected chi connectivity index (χ3v) is 7.76. The number of anilines is 1. The van der Waals surface area contributed by atoms with Gasteiger partial charge < -0.3 is 24.2 Å². The summed E-state index contributed by atoms with van der Waals surface area (Å²) < 4.78 is 18.0. The van der Waals surface area contributed by atoms with Crippen LogP contribution in [0.2, 0.25) is 5.02 Å². The largest absolute Gasteiger partial charge is 0.493 e. The average molecular weight is 587 g/mol. The lowest BCUT2D eigenvalue weighted by Gasteiger charge is -2.31. The number of carboxylic acids is 1. The molecular weight excluding hydrogens is 552 g/mol. The van der Waals surface area contributed by atoms with Crippen molar-refractivity contribution < 1.29 is 28.9 Å². The quantitative estimate of drug-likeness (QED) is 0.296. The third kappa shape index (κ3) is 6.95. The van der Waals surface area contributed by atoms with Crippen LogP contribution in [0.5, 0.6) is 11.5 Å². The summed E-state index contributed by atoms with van der Waals surface area (Å²) in [6.45, 7) is 6.76. The third-order valence-electron chi connectivity index (χ3n) is 6.57. The van der Waals surface area contributed by atoms with Crippen LogP contribution in [0, 0.1) is 5.41 Å². The zero-order chi connectivity index (χ0) is 29.0. The molecule has 0 saturated heterocycles. The zero-order valence-electron chi connectivity index (χ0n) is 23.4. The minimum absolute atomic E-state index is 0.0278. The van der Waals surface area contributed by atoms with Gasteiger partial charge in [0.25, 0.3) is 5.91 Å². The van der Waals surface area contributed by atoms with Crippen LogP contribution >= 0.6 is 22.9 Å². The SMILES string of the molecule is COc1cccc([C@H]2O[C@H](CCc3nc(CCC(=O)O)cs3)C(=O)N(CC(C)(C)C)c3ccc(Cl)cc32)c1OC. The van der Waals surface area contributed by atoms with E-state index in [2.05, 4.69) is 25.8 Å². The van der Waals surface area contributed by atoms with Gasteiger partial charge in [0.05, 0.1) is 31.3 Å². The number of methoxy groups -OCH3 is 2. The van der Waals surface area contributed by atoms with Gasteiger partial charge in [-0.25, -0.2) is 4.98 Å². The molecule has 0 saturated carbocycles. The summed E-state index contributed by atoms with van der Waals surface area (Å²) in [5.41, 5.74) is 2.80. The molecule has 0 unspecified atom stereocenters. The van der Waals surface area contributed by atoms with Crippen LogP contribution in [0.3, 0.4) is 0 Å². The molecule has 1 N–H and O–H groups in total. The molecule has 1 amide bonds. The van der Waals surface area contributed by atoms with E-state index in [9.17, 15) is 9.59 Å². The normalized spacial score (nSPS) is 17.4. The van der Waals surface area contributed by atoms with Crippen LogP contribution < -0.4 is 14.4 Å². The van der Waals surface area contributed by atoms with Crippen LogP contribution in [0.4, 0.5) is 5.69 Å². The Hall–Kier alpha value is -3.14. The second-order valence-electron chi connectivity index (χ2n) is 10.9. The smallest absolute Gasteiger partial charge is 0.303 e. The molecule has 0 spiro atoms. The molecule has 1 aliphatic rings. The van der Waals surface area contributed by atoms with E-state index in [0.29, 0.717) is 42.3 Å². The average Bonchev–Trinajstić information content (AvgIpc) is 3.33. The predicted molar refractivity (Wildman–Crippen MR) is 156 cm³/mol.